The molecule has 0 bridgehead atoms. The van der Waals surface area contributed by atoms with Gasteiger partial charge >= 0.3 is 5.97 Å². The van der Waals surface area contributed by atoms with Crippen LogP contribution in [-0.2, 0) is 14.3 Å². The summed E-state index contributed by atoms with van der Waals surface area (Å²) in [5.74, 6) is -0.0130. The SMILES string of the molecule is CCCCCCCCCCCCCCCC(=O)OCCCCCCCCCCCCCCCCCCCCCCCCCCCCC(=O)NC(CO)C(O)CCCCCCCCCCCC. The molecule has 0 spiro atoms. The molecule has 3 N–H and O–H groups in total. The minimum absolute atomic E-state index is 0.0194. The van der Waals surface area contributed by atoms with Gasteiger partial charge in [-0.05, 0) is 25.7 Å². The minimum atomic E-state index is -0.659. The van der Waals surface area contributed by atoms with Gasteiger partial charge in [0.25, 0.3) is 0 Å². The van der Waals surface area contributed by atoms with E-state index in [9.17, 15) is 19.8 Å². The number of unbranched alkanes of at least 4 members (excludes halogenated alkanes) is 46. The highest BCUT2D eigenvalue weighted by Crippen LogP contribution is 2.18. The summed E-state index contributed by atoms with van der Waals surface area (Å²) in [6.45, 7) is 4.96. The number of esters is 1. The first-order chi connectivity index (χ1) is 32.5. The maximum Gasteiger partial charge on any atom is 0.305 e. The molecule has 0 aliphatic rings. The largest absolute Gasteiger partial charge is 0.466 e. The summed E-state index contributed by atoms with van der Waals surface area (Å²) < 4.78 is 5.48. The van der Waals surface area contributed by atoms with Gasteiger partial charge in [-0.1, -0.05) is 309 Å². The molecule has 0 aromatic rings. The number of rotatable bonds is 57. The van der Waals surface area contributed by atoms with Crippen LogP contribution in [0.15, 0.2) is 0 Å². The highest BCUT2D eigenvalue weighted by molar-refractivity contribution is 5.76. The van der Waals surface area contributed by atoms with Crippen LogP contribution in [0.3, 0.4) is 0 Å². The summed E-state index contributed by atoms with van der Waals surface area (Å²) in [4.78, 5) is 24.5. The van der Waals surface area contributed by atoms with Gasteiger partial charge < -0.3 is 20.3 Å². The molecule has 6 nitrogen and oxygen atoms in total. The molecule has 0 saturated heterocycles. The summed E-state index contributed by atoms with van der Waals surface area (Å²) in [7, 11) is 0. The van der Waals surface area contributed by atoms with Crippen LogP contribution in [0, 0.1) is 0 Å². The molecule has 0 saturated carbocycles. The molecule has 2 atom stereocenters. The van der Waals surface area contributed by atoms with Crippen molar-refractivity contribution in [3.05, 3.63) is 0 Å². The Hall–Kier alpha value is -1.14. The fraction of sp³-hybridized carbons (Fsp3) is 0.967. The lowest BCUT2D eigenvalue weighted by atomic mass is 10.0. The van der Waals surface area contributed by atoms with Crippen LogP contribution in [-0.4, -0.2) is 47.4 Å². The van der Waals surface area contributed by atoms with E-state index in [1.54, 1.807) is 0 Å². The molecule has 0 aliphatic heterocycles. The van der Waals surface area contributed by atoms with Crippen molar-refractivity contribution in [1.29, 1.82) is 0 Å². The van der Waals surface area contributed by atoms with E-state index in [4.69, 9.17) is 4.74 Å². The van der Waals surface area contributed by atoms with Crippen molar-refractivity contribution in [2.24, 2.45) is 0 Å². The minimum Gasteiger partial charge on any atom is -0.466 e. The second kappa shape index (κ2) is 56.4. The van der Waals surface area contributed by atoms with E-state index in [1.165, 1.54) is 276 Å². The maximum atomic E-state index is 12.4. The first-order valence-electron chi connectivity index (χ1n) is 30.3. The number of hydrogen-bond acceptors (Lipinski definition) is 5. The number of amides is 1. The zero-order chi connectivity index (χ0) is 47.9. The molecule has 6 heteroatoms. The zero-order valence-electron chi connectivity index (χ0n) is 45.0. The van der Waals surface area contributed by atoms with Gasteiger partial charge in [0.1, 0.15) is 0 Å². The van der Waals surface area contributed by atoms with Crippen LogP contribution < -0.4 is 5.32 Å². The molecular formula is C60H119NO5. The van der Waals surface area contributed by atoms with Crippen molar-refractivity contribution < 1.29 is 24.5 Å². The number of hydrogen-bond donors (Lipinski definition) is 3. The maximum absolute atomic E-state index is 12.4. The Labute approximate surface area is 413 Å². The first kappa shape index (κ1) is 64.9. The van der Waals surface area contributed by atoms with Gasteiger partial charge in [0.05, 0.1) is 25.4 Å². The van der Waals surface area contributed by atoms with Gasteiger partial charge in [-0.2, -0.15) is 0 Å². The molecule has 0 aromatic heterocycles. The summed E-state index contributed by atoms with van der Waals surface area (Å²) in [6.07, 6.45) is 65.5. The van der Waals surface area contributed by atoms with E-state index in [0.29, 0.717) is 25.9 Å². The standard InChI is InChI=1S/C60H119NO5/c1-3-5-7-9-11-13-15-30-34-38-42-46-50-54-60(65)66-55-51-47-43-39-35-32-29-27-25-23-21-19-17-16-18-20-22-24-26-28-31-33-37-41-45-49-53-59(64)61-57(56-62)58(63)52-48-44-40-36-14-12-10-8-6-4-2/h57-58,62-63H,3-56H2,1-2H3,(H,61,64). The van der Waals surface area contributed by atoms with Gasteiger partial charge in [-0.15, -0.1) is 0 Å². The molecule has 0 rings (SSSR count). The Kier molecular flexibility index (Phi) is 55.5. The van der Waals surface area contributed by atoms with Crippen molar-refractivity contribution in [3.8, 4) is 0 Å². The van der Waals surface area contributed by atoms with Gasteiger partial charge in [-0.25, -0.2) is 0 Å². The third-order valence-corrected chi connectivity index (χ3v) is 14.4. The molecule has 1 amide bonds. The third-order valence-electron chi connectivity index (χ3n) is 14.4. The topological polar surface area (TPSA) is 95.9 Å². The average Bonchev–Trinajstić information content (AvgIpc) is 3.32. The van der Waals surface area contributed by atoms with Crippen LogP contribution in [0.5, 0.6) is 0 Å². The highest BCUT2D eigenvalue weighted by Gasteiger charge is 2.20. The molecule has 0 fully saturated rings. The lowest BCUT2D eigenvalue weighted by molar-refractivity contribution is -0.143. The summed E-state index contributed by atoms with van der Waals surface area (Å²) in [5.41, 5.74) is 0. The van der Waals surface area contributed by atoms with Crippen molar-refractivity contribution >= 4 is 11.9 Å². The van der Waals surface area contributed by atoms with E-state index in [2.05, 4.69) is 19.2 Å². The fourth-order valence-electron chi connectivity index (χ4n) is 9.76. The second-order valence-electron chi connectivity index (χ2n) is 21.1. The molecule has 0 radical (unpaired) electrons. The van der Waals surface area contributed by atoms with Crippen LogP contribution >= 0.6 is 0 Å². The Morgan fingerprint density at radius 1 is 0.364 bits per heavy atom. The smallest absolute Gasteiger partial charge is 0.305 e. The first-order valence-corrected chi connectivity index (χ1v) is 30.3. The molecule has 0 aliphatic carbocycles. The fourth-order valence-corrected chi connectivity index (χ4v) is 9.76. The quantitative estimate of drug-likeness (QED) is 0.0417. The van der Waals surface area contributed by atoms with Crippen LogP contribution in [0.25, 0.3) is 0 Å². The van der Waals surface area contributed by atoms with E-state index < -0.39 is 12.1 Å². The van der Waals surface area contributed by atoms with Gasteiger partial charge in [-0.3, -0.25) is 9.59 Å². The summed E-state index contributed by atoms with van der Waals surface area (Å²) in [6, 6.07) is -0.536. The number of aliphatic hydroxyl groups excluding tert-OH is 2. The van der Waals surface area contributed by atoms with Crippen LogP contribution in [0.1, 0.15) is 348 Å². The van der Waals surface area contributed by atoms with Crippen molar-refractivity contribution in [3.63, 3.8) is 0 Å². The van der Waals surface area contributed by atoms with Gasteiger partial charge in [0.15, 0.2) is 0 Å². The highest BCUT2D eigenvalue weighted by atomic mass is 16.5. The second-order valence-corrected chi connectivity index (χ2v) is 21.1. The summed E-state index contributed by atoms with van der Waals surface area (Å²) >= 11 is 0. The molecule has 2 unspecified atom stereocenters. The average molecular weight is 935 g/mol. The Bertz CT molecular complexity index is 944. The van der Waals surface area contributed by atoms with Crippen LogP contribution in [0.4, 0.5) is 0 Å². The van der Waals surface area contributed by atoms with E-state index in [-0.39, 0.29) is 18.5 Å². The van der Waals surface area contributed by atoms with E-state index in [1.807, 2.05) is 0 Å². The number of ether oxygens (including phenoxy) is 1. The summed E-state index contributed by atoms with van der Waals surface area (Å²) in [5, 5.41) is 23.2. The zero-order valence-corrected chi connectivity index (χ0v) is 45.0. The molecule has 394 valence electrons. The molecule has 66 heavy (non-hydrogen) atoms. The van der Waals surface area contributed by atoms with Crippen LogP contribution in [0.2, 0.25) is 0 Å². The molecule has 0 aromatic carbocycles. The van der Waals surface area contributed by atoms with Crippen molar-refractivity contribution in [1.82, 2.24) is 5.32 Å². The third kappa shape index (κ3) is 52.2. The number of carbonyl (C=O) groups is 2. The predicted octanol–water partition coefficient (Wildman–Crippen LogP) is 18.7. The molecule has 0 heterocycles. The predicted molar refractivity (Wildman–Crippen MR) is 287 cm³/mol. The molecular weight excluding hydrogens is 815 g/mol. The number of carbonyl (C=O) groups excluding carboxylic acids is 2. The van der Waals surface area contributed by atoms with E-state index in [0.717, 1.165) is 38.5 Å². The Morgan fingerprint density at radius 2 is 0.621 bits per heavy atom. The Morgan fingerprint density at radius 3 is 0.924 bits per heavy atom. The van der Waals surface area contributed by atoms with Crippen molar-refractivity contribution in [2.75, 3.05) is 13.2 Å². The van der Waals surface area contributed by atoms with Crippen molar-refractivity contribution in [2.45, 2.75) is 360 Å². The normalized spacial score (nSPS) is 12.5. The van der Waals surface area contributed by atoms with Gasteiger partial charge in [0, 0.05) is 12.8 Å². The monoisotopic (exact) mass is 934 g/mol. The van der Waals surface area contributed by atoms with E-state index >= 15 is 0 Å². The Balaban J connectivity index is 3.31. The lowest BCUT2D eigenvalue weighted by Crippen LogP contribution is -2.45. The number of aliphatic hydroxyl groups is 2. The number of nitrogens with one attached hydrogen (secondary N) is 1. The lowest BCUT2D eigenvalue weighted by Gasteiger charge is -2.22. The van der Waals surface area contributed by atoms with Gasteiger partial charge in [0.2, 0.25) is 5.91 Å².